The van der Waals surface area contributed by atoms with E-state index >= 15 is 0 Å². The molecule has 0 saturated heterocycles. The molecule has 15 heavy (non-hydrogen) atoms. The van der Waals surface area contributed by atoms with Crippen LogP contribution in [0.15, 0.2) is 0 Å². The largest absolute Gasteiger partial charge is 0.444 e. The zero-order valence-corrected chi connectivity index (χ0v) is 9.48. The summed E-state index contributed by atoms with van der Waals surface area (Å²) in [6.07, 6.45) is -0.0509. The molecule has 0 spiro atoms. The minimum absolute atomic E-state index is 0.158. The first kappa shape index (κ1) is 13.4. The summed E-state index contributed by atoms with van der Waals surface area (Å²) < 4.78 is 5.05. The van der Waals surface area contributed by atoms with Crippen molar-refractivity contribution in [1.82, 2.24) is 4.90 Å². The molecule has 0 aliphatic rings. The second kappa shape index (κ2) is 5.35. The lowest BCUT2D eigenvalue weighted by Crippen LogP contribution is -2.43. The van der Waals surface area contributed by atoms with Crippen LogP contribution in [-0.4, -0.2) is 35.5 Å². The van der Waals surface area contributed by atoms with Crippen LogP contribution in [0.2, 0.25) is 0 Å². The van der Waals surface area contributed by atoms with Crippen molar-refractivity contribution in [2.45, 2.75) is 39.3 Å². The van der Waals surface area contributed by atoms with Gasteiger partial charge in [0.1, 0.15) is 18.4 Å². The first-order valence-corrected chi connectivity index (χ1v) is 4.63. The summed E-state index contributed by atoms with van der Waals surface area (Å²) >= 11 is 0. The monoisotopic (exact) mass is 212 g/mol. The van der Waals surface area contributed by atoms with Gasteiger partial charge in [-0.2, -0.15) is 5.26 Å². The van der Waals surface area contributed by atoms with Gasteiger partial charge in [0, 0.05) is 0 Å². The SMILES string of the molecule is C[C@@H](C=O)N(CC#N)C(=O)OC(C)(C)C. The molecule has 5 nitrogen and oxygen atoms in total. The van der Waals surface area contributed by atoms with Crippen LogP contribution in [0.4, 0.5) is 4.79 Å². The maximum absolute atomic E-state index is 11.5. The molecule has 0 bridgehead atoms. The van der Waals surface area contributed by atoms with Crippen molar-refractivity contribution in [3.63, 3.8) is 0 Å². The Balaban J connectivity index is 4.57. The number of nitrogens with zero attached hydrogens (tertiary/aromatic N) is 2. The first-order valence-electron chi connectivity index (χ1n) is 4.63. The summed E-state index contributed by atoms with van der Waals surface area (Å²) in [6, 6.07) is 1.16. The first-order chi connectivity index (χ1) is 6.81. The van der Waals surface area contributed by atoms with Gasteiger partial charge < -0.3 is 9.53 Å². The third kappa shape index (κ3) is 5.01. The number of aldehydes is 1. The number of carbonyl (C=O) groups excluding carboxylic acids is 2. The van der Waals surface area contributed by atoms with Gasteiger partial charge in [0.05, 0.1) is 12.1 Å². The quantitative estimate of drug-likeness (QED) is 0.522. The second-order valence-corrected chi connectivity index (χ2v) is 4.14. The summed E-state index contributed by atoms with van der Waals surface area (Å²) in [5.74, 6) is 0. The Kier molecular flexibility index (Phi) is 4.79. The standard InChI is InChI=1S/C10H16N2O3/c1-8(7-13)12(6-5-11)9(14)15-10(2,3)4/h7-8H,6H2,1-4H3/t8-/m0/s1. The Morgan fingerprint density at radius 1 is 1.60 bits per heavy atom. The molecule has 0 N–H and O–H groups in total. The highest BCUT2D eigenvalue weighted by molar-refractivity contribution is 5.73. The molecule has 0 aliphatic carbocycles. The van der Waals surface area contributed by atoms with Gasteiger partial charge in [0.15, 0.2) is 0 Å². The molecule has 0 aliphatic heterocycles. The average Bonchev–Trinajstić information content (AvgIpc) is 2.10. The molecule has 1 atom stereocenters. The highest BCUT2D eigenvalue weighted by Gasteiger charge is 2.25. The van der Waals surface area contributed by atoms with E-state index in [4.69, 9.17) is 10.00 Å². The minimum atomic E-state index is -0.653. The van der Waals surface area contributed by atoms with Crippen molar-refractivity contribution >= 4 is 12.4 Å². The molecule has 0 unspecified atom stereocenters. The van der Waals surface area contributed by atoms with Crippen LogP contribution in [0.1, 0.15) is 27.7 Å². The number of rotatable bonds is 3. The van der Waals surface area contributed by atoms with E-state index in [0.717, 1.165) is 4.90 Å². The highest BCUT2D eigenvalue weighted by atomic mass is 16.6. The van der Waals surface area contributed by atoms with Crippen LogP contribution in [0, 0.1) is 11.3 Å². The maximum atomic E-state index is 11.5. The Labute approximate surface area is 89.6 Å². The van der Waals surface area contributed by atoms with Crippen molar-refractivity contribution in [2.24, 2.45) is 0 Å². The van der Waals surface area contributed by atoms with Crippen molar-refractivity contribution in [1.29, 1.82) is 5.26 Å². The number of hydrogen-bond acceptors (Lipinski definition) is 4. The summed E-state index contributed by atoms with van der Waals surface area (Å²) in [7, 11) is 0. The second-order valence-electron chi connectivity index (χ2n) is 4.14. The third-order valence-corrected chi connectivity index (χ3v) is 1.56. The highest BCUT2D eigenvalue weighted by Crippen LogP contribution is 2.11. The van der Waals surface area contributed by atoms with Gasteiger partial charge >= 0.3 is 6.09 Å². The Morgan fingerprint density at radius 3 is 2.47 bits per heavy atom. The van der Waals surface area contributed by atoms with Gasteiger partial charge in [-0.25, -0.2) is 4.79 Å². The molecule has 0 fully saturated rings. The van der Waals surface area contributed by atoms with E-state index in [0.29, 0.717) is 6.29 Å². The zero-order valence-electron chi connectivity index (χ0n) is 9.48. The lowest BCUT2D eigenvalue weighted by molar-refractivity contribution is -0.111. The Hall–Kier alpha value is -1.57. The molecule has 0 aromatic carbocycles. The lowest BCUT2D eigenvalue weighted by atomic mass is 10.2. The molecule has 0 radical (unpaired) electrons. The number of nitriles is 1. The zero-order chi connectivity index (χ0) is 12.1. The van der Waals surface area contributed by atoms with Crippen LogP contribution in [0.5, 0.6) is 0 Å². The van der Waals surface area contributed by atoms with E-state index in [-0.39, 0.29) is 6.54 Å². The summed E-state index contributed by atoms with van der Waals surface area (Å²) in [5.41, 5.74) is -0.632. The van der Waals surface area contributed by atoms with E-state index in [9.17, 15) is 9.59 Å². The van der Waals surface area contributed by atoms with E-state index < -0.39 is 17.7 Å². The van der Waals surface area contributed by atoms with Crippen LogP contribution in [0.3, 0.4) is 0 Å². The van der Waals surface area contributed by atoms with Gasteiger partial charge in [-0.3, -0.25) is 4.90 Å². The van der Waals surface area contributed by atoms with Gasteiger partial charge in [-0.1, -0.05) is 0 Å². The normalized spacial score (nSPS) is 12.5. The van der Waals surface area contributed by atoms with Crippen molar-refractivity contribution in [2.75, 3.05) is 6.54 Å². The predicted octanol–water partition coefficient (Wildman–Crippen LogP) is 1.33. The fourth-order valence-corrected chi connectivity index (χ4v) is 0.845. The van der Waals surface area contributed by atoms with E-state index in [1.807, 2.05) is 6.07 Å². The number of ether oxygens (including phenoxy) is 1. The van der Waals surface area contributed by atoms with Crippen LogP contribution in [-0.2, 0) is 9.53 Å². The number of amides is 1. The van der Waals surface area contributed by atoms with E-state index in [1.165, 1.54) is 6.92 Å². The molecule has 0 heterocycles. The lowest BCUT2D eigenvalue weighted by Gasteiger charge is -2.27. The van der Waals surface area contributed by atoms with Crippen LogP contribution < -0.4 is 0 Å². The summed E-state index contributed by atoms with van der Waals surface area (Å²) in [6.45, 7) is 6.55. The molecule has 1 amide bonds. The molecular formula is C10H16N2O3. The summed E-state index contributed by atoms with van der Waals surface area (Å²) in [4.78, 5) is 23.2. The van der Waals surface area contributed by atoms with Gasteiger partial charge in [0.25, 0.3) is 0 Å². The molecule has 84 valence electrons. The molecule has 0 rings (SSSR count). The fourth-order valence-electron chi connectivity index (χ4n) is 0.845. The molecular weight excluding hydrogens is 196 g/mol. The predicted molar refractivity (Wildman–Crippen MR) is 54.1 cm³/mol. The van der Waals surface area contributed by atoms with Gasteiger partial charge in [-0.05, 0) is 27.7 Å². The van der Waals surface area contributed by atoms with E-state index in [1.54, 1.807) is 20.8 Å². The van der Waals surface area contributed by atoms with Crippen molar-refractivity contribution in [3.05, 3.63) is 0 Å². The topological polar surface area (TPSA) is 70.4 Å². The molecule has 0 aromatic rings. The van der Waals surface area contributed by atoms with E-state index in [2.05, 4.69) is 0 Å². The average molecular weight is 212 g/mol. The maximum Gasteiger partial charge on any atom is 0.411 e. The Morgan fingerprint density at radius 2 is 2.13 bits per heavy atom. The summed E-state index contributed by atoms with van der Waals surface area (Å²) in [5, 5.41) is 8.51. The minimum Gasteiger partial charge on any atom is -0.444 e. The van der Waals surface area contributed by atoms with Crippen molar-refractivity contribution < 1.29 is 14.3 Å². The van der Waals surface area contributed by atoms with Crippen LogP contribution in [0.25, 0.3) is 0 Å². The number of hydrogen-bond donors (Lipinski definition) is 0. The fraction of sp³-hybridized carbons (Fsp3) is 0.700. The van der Waals surface area contributed by atoms with Gasteiger partial charge in [-0.15, -0.1) is 0 Å². The van der Waals surface area contributed by atoms with Gasteiger partial charge in [0.2, 0.25) is 0 Å². The molecule has 0 aromatic heterocycles. The molecule has 0 saturated carbocycles. The molecule has 5 heteroatoms. The number of carbonyl (C=O) groups is 2. The third-order valence-electron chi connectivity index (χ3n) is 1.56. The Bertz CT molecular complexity index is 275. The van der Waals surface area contributed by atoms with Crippen molar-refractivity contribution in [3.8, 4) is 6.07 Å². The van der Waals surface area contributed by atoms with Crippen LogP contribution >= 0.6 is 0 Å². The smallest absolute Gasteiger partial charge is 0.411 e.